The normalized spacial score (nSPS) is 11.2. The summed E-state index contributed by atoms with van der Waals surface area (Å²) in [5.41, 5.74) is 1.38. The first-order chi connectivity index (χ1) is 12.0. The summed E-state index contributed by atoms with van der Waals surface area (Å²) in [6.07, 6.45) is 0. The van der Waals surface area contributed by atoms with E-state index in [2.05, 4.69) is 22.6 Å². The van der Waals surface area contributed by atoms with Crippen LogP contribution in [0.3, 0.4) is 0 Å². The Morgan fingerprint density at radius 1 is 0.840 bits per heavy atom. The number of phenols is 1. The number of hydrogen-bond acceptors (Lipinski definition) is 3. The molecule has 0 saturated carbocycles. The Labute approximate surface area is 160 Å². The lowest BCUT2D eigenvalue weighted by atomic mass is 10.2. The molecule has 0 aromatic heterocycles. The quantitative estimate of drug-likeness (QED) is 0.569. The lowest BCUT2D eigenvalue weighted by Gasteiger charge is -2.25. The summed E-state index contributed by atoms with van der Waals surface area (Å²) in [4.78, 5) is 0.243. The van der Waals surface area contributed by atoms with Crippen molar-refractivity contribution in [1.29, 1.82) is 0 Å². The Kier molecular flexibility index (Phi) is 5.29. The molecule has 0 heterocycles. The zero-order chi connectivity index (χ0) is 17.9. The zero-order valence-electron chi connectivity index (χ0n) is 13.2. The van der Waals surface area contributed by atoms with Crippen molar-refractivity contribution < 1.29 is 13.5 Å². The summed E-state index contributed by atoms with van der Waals surface area (Å²) in [6, 6.07) is 22.3. The number of rotatable bonds is 5. The van der Waals surface area contributed by atoms with E-state index >= 15 is 0 Å². The first kappa shape index (κ1) is 17.8. The topological polar surface area (TPSA) is 57.6 Å². The Morgan fingerprint density at radius 3 is 2.04 bits per heavy atom. The molecule has 6 heteroatoms. The highest BCUT2D eigenvalue weighted by Crippen LogP contribution is 2.27. The van der Waals surface area contributed by atoms with Gasteiger partial charge in [-0.05, 0) is 76.7 Å². The minimum atomic E-state index is -3.71. The first-order valence-electron chi connectivity index (χ1n) is 7.58. The molecule has 0 radical (unpaired) electrons. The SMILES string of the molecule is O=S(=O)(c1ccccc1)N(Cc1ccc(O)cc1)c1ccc(I)cc1. The smallest absolute Gasteiger partial charge is 0.264 e. The molecule has 0 saturated heterocycles. The molecule has 4 nitrogen and oxygen atoms in total. The molecule has 3 rings (SSSR count). The van der Waals surface area contributed by atoms with E-state index in [0.29, 0.717) is 5.69 Å². The number of anilines is 1. The molecule has 0 amide bonds. The van der Waals surface area contributed by atoms with E-state index in [1.54, 1.807) is 66.7 Å². The second kappa shape index (κ2) is 7.45. The monoisotopic (exact) mass is 465 g/mol. The molecule has 0 aliphatic heterocycles. The molecule has 128 valence electrons. The maximum absolute atomic E-state index is 13.2. The van der Waals surface area contributed by atoms with Crippen molar-refractivity contribution in [2.75, 3.05) is 4.31 Å². The van der Waals surface area contributed by atoms with Crippen LogP contribution in [0.15, 0.2) is 83.8 Å². The number of hydrogen-bond donors (Lipinski definition) is 1. The molecule has 0 aliphatic carbocycles. The van der Waals surface area contributed by atoms with Crippen molar-refractivity contribution in [2.24, 2.45) is 0 Å². The van der Waals surface area contributed by atoms with E-state index < -0.39 is 10.0 Å². The van der Waals surface area contributed by atoms with Crippen molar-refractivity contribution in [1.82, 2.24) is 0 Å². The number of aromatic hydroxyl groups is 1. The average Bonchev–Trinajstić information content (AvgIpc) is 2.63. The summed E-state index contributed by atoms with van der Waals surface area (Å²) in [5.74, 6) is 0.149. The van der Waals surface area contributed by atoms with Crippen molar-refractivity contribution in [3.8, 4) is 5.75 Å². The fourth-order valence-corrected chi connectivity index (χ4v) is 4.24. The van der Waals surface area contributed by atoms with Crippen LogP contribution in [0.4, 0.5) is 5.69 Å². The molecule has 1 N–H and O–H groups in total. The Morgan fingerprint density at radius 2 is 1.44 bits per heavy atom. The Balaban J connectivity index is 2.05. The van der Waals surface area contributed by atoms with Crippen LogP contribution in [0.25, 0.3) is 0 Å². The summed E-state index contributed by atoms with van der Waals surface area (Å²) in [5, 5.41) is 9.44. The third kappa shape index (κ3) is 4.13. The van der Waals surface area contributed by atoms with E-state index in [1.807, 2.05) is 12.1 Å². The van der Waals surface area contributed by atoms with Gasteiger partial charge in [0.15, 0.2) is 0 Å². The van der Waals surface area contributed by atoms with Crippen LogP contribution < -0.4 is 4.31 Å². The van der Waals surface area contributed by atoms with Gasteiger partial charge in [-0.3, -0.25) is 4.31 Å². The van der Waals surface area contributed by atoms with Gasteiger partial charge in [0, 0.05) is 3.57 Å². The Bertz CT molecular complexity index is 940. The second-order valence-electron chi connectivity index (χ2n) is 5.47. The lowest BCUT2D eigenvalue weighted by Crippen LogP contribution is -2.30. The summed E-state index contributed by atoms with van der Waals surface area (Å²) in [7, 11) is -3.71. The van der Waals surface area contributed by atoms with Crippen molar-refractivity contribution in [3.63, 3.8) is 0 Å². The van der Waals surface area contributed by atoms with Gasteiger partial charge in [0.25, 0.3) is 10.0 Å². The number of sulfonamides is 1. The van der Waals surface area contributed by atoms with Gasteiger partial charge in [-0.2, -0.15) is 0 Å². The van der Waals surface area contributed by atoms with Crippen LogP contribution >= 0.6 is 22.6 Å². The summed E-state index contributed by atoms with van der Waals surface area (Å²) < 4.78 is 28.7. The first-order valence-corrected chi connectivity index (χ1v) is 10.1. The molecule has 0 fully saturated rings. The van der Waals surface area contributed by atoms with Crippen LogP contribution in [-0.4, -0.2) is 13.5 Å². The van der Waals surface area contributed by atoms with E-state index in [4.69, 9.17) is 0 Å². The van der Waals surface area contributed by atoms with Gasteiger partial charge in [-0.1, -0.05) is 30.3 Å². The lowest BCUT2D eigenvalue weighted by molar-refractivity contribution is 0.475. The third-order valence-electron chi connectivity index (χ3n) is 3.71. The fourth-order valence-electron chi connectivity index (χ4n) is 2.41. The Hall–Kier alpha value is -2.06. The molecule has 3 aromatic carbocycles. The molecule has 0 aliphatic rings. The predicted octanol–water partition coefficient (Wildman–Crippen LogP) is 4.39. The third-order valence-corrected chi connectivity index (χ3v) is 6.22. The molecule has 0 bridgehead atoms. The standard InChI is InChI=1S/C19H16INO3S/c20-16-8-10-17(11-9-16)21(14-15-6-12-18(22)13-7-15)25(23,24)19-4-2-1-3-5-19/h1-13,22H,14H2. The molecular weight excluding hydrogens is 449 g/mol. The predicted molar refractivity (Wildman–Crippen MR) is 107 cm³/mol. The minimum Gasteiger partial charge on any atom is -0.508 e. The average molecular weight is 465 g/mol. The highest BCUT2D eigenvalue weighted by atomic mass is 127. The molecule has 0 unspecified atom stereocenters. The number of phenolic OH excluding ortho intramolecular Hbond substituents is 1. The van der Waals surface area contributed by atoms with Gasteiger partial charge in [0.1, 0.15) is 5.75 Å². The van der Waals surface area contributed by atoms with Crippen LogP contribution in [-0.2, 0) is 16.6 Å². The van der Waals surface area contributed by atoms with Crippen LogP contribution in [0, 0.1) is 3.57 Å². The summed E-state index contributed by atoms with van der Waals surface area (Å²) >= 11 is 2.18. The van der Waals surface area contributed by atoms with Crippen LogP contribution in [0.5, 0.6) is 5.75 Å². The number of nitrogens with zero attached hydrogens (tertiary/aromatic N) is 1. The van der Waals surface area contributed by atoms with Crippen molar-refractivity contribution >= 4 is 38.3 Å². The molecule has 0 atom stereocenters. The maximum Gasteiger partial charge on any atom is 0.264 e. The van der Waals surface area contributed by atoms with Crippen LogP contribution in [0.1, 0.15) is 5.56 Å². The van der Waals surface area contributed by atoms with E-state index in [1.165, 1.54) is 4.31 Å². The van der Waals surface area contributed by atoms with Gasteiger partial charge >= 0.3 is 0 Å². The molecular formula is C19H16INO3S. The molecule has 25 heavy (non-hydrogen) atoms. The summed E-state index contributed by atoms with van der Waals surface area (Å²) in [6.45, 7) is 0.179. The van der Waals surface area contributed by atoms with Crippen molar-refractivity contribution in [3.05, 3.63) is 88.0 Å². The van der Waals surface area contributed by atoms with Gasteiger partial charge in [0.05, 0.1) is 17.1 Å². The van der Waals surface area contributed by atoms with Gasteiger partial charge in [-0.25, -0.2) is 8.42 Å². The number of halogens is 1. The van der Waals surface area contributed by atoms with E-state index in [0.717, 1.165) is 9.13 Å². The fraction of sp³-hybridized carbons (Fsp3) is 0.0526. The maximum atomic E-state index is 13.2. The number of benzene rings is 3. The minimum absolute atomic E-state index is 0.149. The highest BCUT2D eigenvalue weighted by molar-refractivity contribution is 14.1. The van der Waals surface area contributed by atoms with Gasteiger partial charge < -0.3 is 5.11 Å². The molecule has 3 aromatic rings. The van der Waals surface area contributed by atoms with E-state index in [9.17, 15) is 13.5 Å². The highest BCUT2D eigenvalue weighted by Gasteiger charge is 2.25. The molecule has 0 spiro atoms. The second-order valence-corrected chi connectivity index (χ2v) is 8.58. The zero-order valence-corrected chi connectivity index (χ0v) is 16.2. The van der Waals surface area contributed by atoms with E-state index in [-0.39, 0.29) is 17.2 Å². The largest absolute Gasteiger partial charge is 0.508 e. The van der Waals surface area contributed by atoms with Gasteiger partial charge in [0.2, 0.25) is 0 Å². The van der Waals surface area contributed by atoms with Gasteiger partial charge in [-0.15, -0.1) is 0 Å². The van der Waals surface area contributed by atoms with Crippen LogP contribution in [0.2, 0.25) is 0 Å². The van der Waals surface area contributed by atoms with Crippen molar-refractivity contribution in [2.45, 2.75) is 11.4 Å².